The van der Waals surface area contributed by atoms with Crippen molar-refractivity contribution in [2.24, 2.45) is 0 Å². The summed E-state index contributed by atoms with van der Waals surface area (Å²) in [6.07, 6.45) is 0.502. The fourth-order valence-electron chi connectivity index (χ4n) is 4.54. The Hall–Kier alpha value is -4.01. The maximum atomic E-state index is 13.4. The third kappa shape index (κ3) is 6.02. The molecule has 0 aliphatic carbocycles. The highest BCUT2D eigenvalue weighted by Gasteiger charge is 2.46. The Kier molecular flexibility index (Phi) is 9.11. The molecule has 1 atom stereocenters. The normalized spacial score (nSPS) is 16.4. The predicted molar refractivity (Wildman–Crippen MR) is 147 cm³/mol. The van der Waals surface area contributed by atoms with E-state index < -0.39 is 23.5 Å². The molecule has 1 fully saturated rings. The number of nitrogens with zero attached hydrogens (tertiary/aromatic N) is 1. The molecule has 0 spiro atoms. The number of ketones is 1. The maximum Gasteiger partial charge on any atom is 0.295 e. The molecule has 4 rings (SSSR count). The molecule has 1 saturated heterocycles. The molecule has 0 radical (unpaired) electrons. The zero-order valence-electron chi connectivity index (χ0n) is 22.0. The van der Waals surface area contributed by atoms with Gasteiger partial charge in [-0.2, -0.15) is 0 Å². The van der Waals surface area contributed by atoms with Crippen molar-refractivity contribution in [3.05, 3.63) is 94.0 Å². The van der Waals surface area contributed by atoms with Crippen LogP contribution in [0, 0.1) is 0 Å². The summed E-state index contributed by atoms with van der Waals surface area (Å²) < 4.78 is 21.9. The molecule has 1 aliphatic heterocycles. The highest BCUT2D eigenvalue weighted by molar-refractivity contribution is 6.46. The molecule has 9 heteroatoms. The van der Waals surface area contributed by atoms with E-state index in [0.29, 0.717) is 36.7 Å². The van der Waals surface area contributed by atoms with E-state index in [1.165, 1.54) is 31.3 Å². The van der Waals surface area contributed by atoms with Crippen molar-refractivity contribution in [3.63, 3.8) is 0 Å². The van der Waals surface area contributed by atoms with E-state index in [-0.39, 0.29) is 28.5 Å². The van der Waals surface area contributed by atoms with Gasteiger partial charge in [-0.25, -0.2) is 0 Å². The van der Waals surface area contributed by atoms with Crippen LogP contribution in [-0.4, -0.2) is 56.2 Å². The van der Waals surface area contributed by atoms with Crippen LogP contribution in [0.1, 0.15) is 29.2 Å². The van der Waals surface area contributed by atoms with E-state index in [1.807, 2.05) is 30.3 Å². The average molecular weight is 552 g/mol. The molecule has 1 aliphatic rings. The smallest absolute Gasteiger partial charge is 0.295 e. The summed E-state index contributed by atoms with van der Waals surface area (Å²) in [5.41, 5.74) is 1.70. The quantitative estimate of drug-likeness (QED) is 0.148. The van der Waals surface area contributed by atoms with E-state index in [0.717, 1.165) is 5.56 Å². The van der Waals surface area contributed by atoms with Gasteiger partial charge in [0.2, 0.25) is 0 Å². The monoisotopic (exact) mass is 551 g/mol. The molecule has 3 aromatic rings. The van der Waals surface area contributed by atoms with Crippen LogP contribution in [0.5, 0.6) is 17.2 Å². The molecule has 1 heterocycles. The van der Waals surface area contributed by atoms with Crippen LogP contribution in [-0.2, 0) is 20.9 Å². The standard InChI is InChI=1S/C30H30ClNO7/c1-36-14-8-13-32-27(20-11-7-12-21(15-20)39-18-19-9-5-4-6-10-19)26(29(34)30(32)35)28(33)22-16-23(31)25(38-3)17-24(22)37-2/h4-7,9-12,15-17,27,33H,8,13-14,18H2,1-3H3/b28-26+. The number of carbonyl (C=O) groups is 2. The average Bonchev–Trinajstić information content (AvgIpc) is 3.21. The molecular formula is C30H30ClNO7. The minimum Gasteiger partial charge on any atom is -0.507 e. The highest BCUT2D eigenvalue weighted by atomic mass is 35.5. The van der Waals surface area contributed by atoms with Crippen LogP contribution in [0.2, 0.25) is 5.02 Å². The Morgan fingerprint density at radius 1 is 0.949 bits per heavy atom. The number of hydrogen-bond acceptors (Lipinski definition) is 7. The summed E-state index contributed by atoms with van der Waals surface area (Å²) in [5, 5.41) is 11.7. The van der Waals surface area contributed by atoms with Gasteiger partial charge in [-0.1, -0.05) is 54.1 Å². The number of amides is 1. The molecule has 0 saturated carbocycles. The summed E-state index contributed by atoms with van der Waals surface area (Å²) >= 11 is 6.34. The summed E-state index contributed by atoms with van der Waals surface area (Å²) in [6, 6.07) is 19.0. The Labute approximate surface area is 232 Å². The molecular weight excluding hydrogens is 522 g/mol. The molecule has 204 valence electrons. The Morgan fingerprint density at radius 2 is 1.69 bits per heavy atom. The van der Waals surface area contributed by atoms with Crippen LogP contribution < -0.4 is 14.2 Å². The summed E-state index contributed by atoms with van der Waals surface area (Å²) in [6.45, 7) is 0.993. The van der Waals surface area contributed by atoms with Gasteiger partial charge in [0.15, 0.2) is 0 Å². The number of carbonyl (C=O) groups excluding carboxylic acids is 2. The lowest BCUT2D eigenvalue weighted by atomic mass is 9.94. The zero-order chi connectivity index (χ0) is 27.9. The Morgan fingerprint density at radius 3 is 2.38 bits per heavy atom. The molecule has 0 aromatic heterocycles. The number of aliphatic hydroxyl groups is 1. The second kappa shape index (κ2) is 12.7. The predicted octanol–water partition coefficient (Wildman–Crippen LogP) is 5.39. The van der Waals surface area contributed by atoms with Crippen molar-refractivity contribution in [3.8, 4) is 17.2 Å². The zero-order valence-corrected chi connectivity index (χ0v) is 22.7. The number of hydrogen-bond donors (Lipinski definition) is 1. The Bertz CT molecular complexity index is 1370. The van der Waals surface area contributed by atoms with Gasteiger partial charge < -0.3 is 29.0 Å². The number of ether oxygens (including phenoxy) is 4. The fourth-order valence-corrected chi connectivity index (χ4v) is 4.78. The van der Waals surface area contributed by atoms with Crippen molar-refractivity contribution in [1.29, 1.82) is 0 Å². The van der Waals surface area contributed by atoms with E-state index >= 15 is 0 Å². The first-order valence-electron chi connectivity index (χ1n) is 12.4. The summed E-state index contributed by atoms with van der Waals surface area (Å²) in [4.78, 5) is 28.1. The summed E-state index contributed by atoms with van der Waals surface area (Å²) in [5.74, 6) is -0.789. The first-order valence-corrected chi connectivity index (χ1v) is 12.7. The molecule has 0 bridgehead atoms. The van der Waals surface area contributed by atoms with E-state index in [1.54, 1.807) is 31.4 Å². The fraction of sp³-hybridized carbons (Fsp3) is 0.267. The van der Waals surface area contributed by atoms with Gasteiger partial charge in [0.25, 0.3) is 11.7 Å². The molecule has 1 N–H and O–H groups in total. The van der Waals surface area contributed by atoms with E-state index in [9.17, 15) is 14.7 Å². The molecule has 1 amide bonds. The van der Waals surface area contributed by atoms with Crippen molar-refractivity contribution in [2.45, 2.75) is 19.1 Å². The maximum absolute atomic E-state index is 13.4. The second-order valence-corrected chi connectivity index (χ2v) is 9.28. The molecule has 3 aromatic carbocycles. The van der Waals surface area contributed by atoms with Gasteiger partial charge in [-0.05, 0) is 35.7 Å². The number of Topliss-reactive ketones (excluding diaryl/α,β-unsaturated/α-hetero) is 1. The third-order valence-corrected chi connectivity index (χ3v) is 6.73. The minimum atomic E-state index is -0.868. The van der Waals surface area contributed by atoms with Gasteiger partial charge in [0.1, 0.15) is 29.6 Å². The van der Waals surface area contributed by atoms with E-state index in [4.69, 9.17) is 30.5 Å². The van der Waals surface area contributed by atoms with Crippen LogP contribution >= 0.6 is 11.6 Å². The number of likely N-dealkylation sites (tertiary alicyclic amines) is 1. The van der Waals surface area contributed by atoms with Crippen LogP contribution in [0.15, 0.2) is 72.3 Å². The first kappa shape index (κ1) is 28.0. The molecule has 8 nitrogen and oxygen atoms in total. The van der Waals surface area contributed by atoms with Crippen molar-refractivity contribution in [1.82, 2.24) is 4.90 Å². The SMILES string of the molecule is COCCCN1C(=O)C(=O)/C(=C(/O)c2cc(Cl)c(OC)cc2OC)C1c1cccc(OCc2ccccc2)c1. The van der Waals surface area contributed by atoms with Gasteiger partial charge in [-0.15, -0.1) is 0 Å². The lowest BCUT2D eigenvalue weighted by Gasteiger charge is -2.26. The number of methoxy groups -OCH3 is 3. The number of aliphatic hydroxyl groups excluding tert-OH is 1. The lowest BCUT2D eigenvalue weighted by molar-refractivity contribution is -0.140. The Balaban J connectivity index is 1.79. The topological polar surface area (TPSA) is 94.5 Å². The lowest BCUT2D eigenvalue weighted by Crippen LogP contribution is -2.31. The molecule has 39 heavy (non-hydrogen) atoms. The van der Waals surface area contributed by atoms with Crippen LogP contribution in [0.25, 0.3) is 5.76 Å². The first-order chi connectivity index (χ1) is 18.9. The van der Waals surface area contributed by atoms with Gasteiger partial charge in [0.05, 0.1) is 36.4 Å². The molecule has 1 unspecified atom stereocenters. The largest absolute Gasteiger partial charge is 0.507 e. The number of rotatable bonds is 11. The highest BCUT2D eigenvalue weighted by Crippen LogP contribution is 2.43. The van der Waals surface area contributed by atoms with Crippen molar-refractivity contribution < 1.29 is 33.6 Å². The van der Waals surface area contributed by atoms with Gasteiger partial charge in [0, 0.05) is 26.3 Å². The number of benzene rings is 3. The summed E-state index contributed by atoms with van der Waals surface area (Å²) in [7, 11) is 4.45. The number of halogens is 1. The van der Waals surface area contributed by atoms with Crippen molar-refractivity contribution >= 4 is 29.1 Å². The van der Waals surface area contributed by atoms with Crippen LogP contribution in [0.3, 0.4) is 0 Å². The van der Waals surface area contributed by atoms with E-state index in [2.05, 4.69) is 0 Å². The van der Waals surface area contributed by atoms with Gasteiger partial charge in [-0.3, -0.25) is 9.59 Å². The van der Waals surface area contributed by atoms with Crippen molar-refractivity contribution in [2.75, 3.05) is 34.5 Å². The second-order valence-electron chi connectivity index (χ2n) is 8.87. The minimum absolute atomic E-state index is 0.0721. The third-order valence-electron chi connectivity index (χ3n) is 6.44. The van der Waals surface area contributed by atoms with Crippen LogP contribution in [0.4, 0.5) is 0 Å². The van der Waals surface area contributed by atoms with Gasteiger partial charge >= 0.3 is 0 Å².